The van der Waals surface area contributed by atoms with Crippen molar-refractivity contribution >= 4 is 18.1 Å². The Morgan fingerprint density at radius 3 is 2.57 bits per heavy atom. The van der Waals surface area contributed by atoms with Gasteiger partial charge in [-0.2, -0.15) is 13.2 Å². The monoisotopic (exact) mass is 400 g/mol. The Morgan fingerprint density at radius 1 is 1.25 bits per heavy atom. The number of piperidine rings is 2. The summed E-state index contributed by atoms with van der Waals surface area (Å²) in [5.41, 5.74) is -1.55. The Bertz CT molecular complexity index is 721. The summed E-state index contributed by atoms with van der Waals surface area (Å²) in [6, 6.07) is 1.10. The smallest absolute Gasteiger partial charge is 0.391 e. The molecule has 3 rings (SSSR count). The molecule has 28 heavy (non-hydrogen) atoms. The third-order valence-electron chi connectivity index (χ3n) is 5.15. The van der Waals surface area contributed by atoms with Gasteiger partial charge in [0.2, 0.25) is 6.41 Å². The van der Waals surface area contributed by atoms with Gasteiger partial charge in [0.15, 0.2) is 0 Å². The number of nitrogens with one attached hydrogen (secondary N) is 1. The standard InChI is InChI=1S/C18H23F3N4O3/c19-18(20,21)15-9-22-16(23-12-3-6-24(11-26)7-4-12)8-14(15)17(28)25-5-1-2-13(27)10-25/h8-9,11-13,27H,1-7,10H2,(H,22,23). The molecular weight excluding hydrogens is 377 g/mol. The molecule has 3 heterocycles. The highest BCUT2D eigenvalue weighted by molar-refractivity contribution is 5.96. The minimum absolute atomic E-state index is 0.0192. The fourth-order valence-corrected chi connectivity index (χ4v) is 3.61. The van der Waals surface area contributed by atoms with Gasteiger partial charge in [0.25, 0.3) is 5.91 Å². The lowest BCUT2D eigenvalue weighted by Gasteiger charge is -2.31. The van der Waals surface area contributed by atoms with Crippen molar-refractivity contribution in [3.63, 3.8) is 0 Å². The van der Waals surface area contributed by atoms with Crippen molar-refractivity contribution < 1.29 is 27.9 Å². The van der Waals surface area contributed by atoms with Gasteiger partial charge in [-0.25, -0.2) is 4.98 Å². The van der Waals surface area contributed by atoms with Crippen LogP contribution in [0.15, 0.2) is 12.3 Å². The molecule has 1 unspecified atom stereocenters. The van der Waals surface area contributed by atoms with Crippen LogP contribution in [-0.2, 0) is 11.0 Å². The van der Waals surface area contributed by atoms with Gasteiger partial charge in [0, 0.05) is 38.4 Å². The van der Waals surface area contributed by atoms with E-state index in [-0.39, 0.29) is 18.4 Å². The van der Waals surface area contributed by atoms with Crippen LogP contribution < -0.4 is 5.32 Å². The Hall–Kier alpha value is -2.36. The lowest BCUT2D eigenvalue weighted by Crippen LogP contribution is -2.42. The summed E-state index contributed by atoms with van der Waals surface area (Å²) in [5, 5.41) is 12.8. The van der Waals surface area contributed by atoms with Gasteiger partial charge in [-0.1, -0.05) is 0 Å². The van der Waals surface area contributed by atoms with E-state index in [2.05, 4.69) is 10.3 Å². The Morgan fingerprint density at radius 2 is 1.96 bits per heavy atom. The number of anilines is 1. The van der Waals surface area contributed by atoms with Crippen molar-refractivity contribution in [2.24, 2.45) is 0 Å². The highest BCUT2D eigenvalue weighted by Crippen LogP contribution is 2.33. The van der Waals surface area contributed by atoms with Crippen LogP contribution in [0.1, 0.15) is 41.6 Å². The first-order valence-electron chi connectivity index (χ1n) is 9.28. The number of rotatable bonds is 4. The molecule has 0 spiro atoms. The lowest BCUT2D eigenvalue weighted by molar-refractivity contribution is -0.138. The Kier molecular flexibility index (Phi) is 6.07. The van der Waals surface area contributed by atoms with Crippen LogP contribution in [0.3, 0.4) is 0 Å². The predicted octanol–water partition coefficient (Wildman–Crippen LogP) is 1.73. The van der Waals surface area contributed by atoms with E-state index in [1.807, 2.05) is 0 Å². The number of alkyl halides is 3. The third kappa shape index (κ3) is 4.73. The maximum Gasteiger partial charge on any atom is 0.418 e. The second-order valence-electron chi connectivity index (χ2n) is 7.22. The largest absolute Gasteiger partial charge is 0.418 e. The van der Waals surface area contributed by atoms with E-state index in [0.29, 0.717) is 51.5 Å². The summed E-state index contributed by atoms with van der Waals surface area (Å²) in [7, 11) is 0. The molecule has 0 saturated carbocycles. The fraction of sp³-hybridized carbons (Fsp3) is 0.611. The van der Waals surface area contributed by atoms with Gasteiger partial charge in [-0.15, -0.1) is 0 Å². The van der Waals surface area contributed by atoms with E-state index in [1.54, 1.807) is 4.90 Å². The van der Waals surface area contributed by atoms with Crippen LogP contribution in [0.4, 0.5) is 19.0 Å². The molecule has 2 amide bonds. The molecule has 0 bridgehead atoms. The summed E-state index contributed by atoms with van der Waals surface area (Å²) < 4.78 is 40.2. The zero-order valence-corrected chi connectivity index (χ0v) is 15.3. The summed E-state index contributed by atoms with van der Waals surface area (Å²) in [4.78, 5) is 30.3. The number of nitrogens with zero attached hydrogens (tertiary/aromatic N) is 3. The van der Waals surface area contributed by atoms with E-state index in [0.717, 1.165) is 12.5 Å². The van der Waals surface area contributed by atoms with Crippen LogP contribution in [-0.4, -0.2) is 70.5 Å². The number of aromatic nitrogens is 1. The van der Waals surface area contributed by atoms with Gasteiger partial charge in [-0.3, -0.25) is 9.59 Å². The molecule has 7 nitrogen and oxygen atoms in total. The van der Waals surface area contributed by atoms with Gasteiger partial charge in [-0.05, 0) is 31.7 Å². The number of aliphatic hydroxyl groups excluding tert-OH is 1. The van der Waals surface area contributed by atoms with Crippen molar-refractivity contribution in [2.75, 3.05) is 31.5 Å². The molecule has 0 aliphatic carbocycles. The first kappa shape index (κ1) is 20.4. The lowest BCUT2D eigenvalue weighted by atomic mass is 10.0. The van der Waals surface area contributed by atoms with Gasteiger partial charge >= 0.3 is 6.18 Å². The number of pyridine rings is 1. The zero-order chi connectivity index (χ0) is 20.3. The minimum atomic E-state index is -4.71. The molecule has 2 aliphatic heterocycles. The molecular formula is C18H23F3N4O3. The maximum absolute atomic E-state index is 13.4. The number of hydrogen-bond donors (Lipinski definition) is 2. The van der Waals surface area contributed by atoms with E-state index in [9.17, 15) is 27.9 Å². The molecule has 0 aromatic carbocycles. The average molecular weight is 400 g/mol. The third-order valence-corrected chi connectivity index (χ3v) is 5.15. The second-order valence-corrected chi connectivity index (χ2v) is 7.22. The molecule has 154 valence electrons. The van der Waals surface area contributed by atoms with Crippen LogP contribution in [0, 0.1) is 0 Å². The second kappa shape index (κ2) is 8.34. The molecule has 2 N–H and O–H groups in total. The molecule has 1 aromatic heterocycles. The molecule has 10 heteroatoms. The summed E-state index contributed by atoms with van der Waals surface area (Å²) in [5.74, 6) is -0.564. The highest BCUT2D eigenvalue weighted by Gasteiger charge is 2.38. The molecule has 0 radical (unpaired) electrons. The van der Waals surface area contributed by atoms with Crippen molar-refractivity contribution in [1.29, 1.82) is 0 Å². The van der Waals surface area contributed by atoms with Crippen LogP contribution >= 0.6 is 0 Å². The van der Waals surface area contributed by atoms with E-state index in [4.69, 9.17) is 0 Å². The van der Waals surface area contributed by atoms with E-state index < -0.39 is 29.3 Å². The van der Waals surface area contributed by atoms with Gasteiger partial charge in [0.1, 0.15) is 5.82 Å². The van der Waals surface area contributed by atoms with Gasteiger partial charge < -0.3 is 20.2 Å². The summed E-state index contributed by atoms with van der Waals surface area (Å²) in [6.07, 6.45) is -1.63. The molecule has 2 fully saturated rings. The van der Waals surface area contributed by atoms with Crippen molar-refractivity contribution in [2.45, 2.75) is 44.0 Å². The number of β-amino-alcohol motifs (C(OH)–C–C–N with tert-alkyl or cyclic N) is 1. The number of hydrogen-bond acceptors (Lipinski definition) is 5. The Balaban J connectivity index is 1.81. The van der Waals surface area contributed by atoms with Crippen LogP contribution in [0.5, 0.6) is 0 Å². The number of aliphatic hydroxyl groups is 1. The first-order chi connectivity index (χ1) is 13.3. The number of amides is 2. The number of carbonyl (C=O) groups is 2. The summed E-state index contributed by atoms with van der Waals surface area (Å²) in [6.45, 7) is 1.44. The molecule has 2 aliphatic rings. The molecule has 2 saturated heterocycles. The van der Waals surface area contributed by atoms with Crippen molar-refractivity contribution in [3.05, 3.63) is 23.4 Å². The number of likely N-dealkylation sites (tertiary alicyclic amines) is 2. The van der Waals surface area contributed by atoms with Crippen molar-refractivity contribution in [3.8, 4) is 0 Å². The fourth-order valence-electron chi connectivity index (χ4n) is 3.61. The van der Waals surface area contributed by atoms with Crippen LogP contribution in [0.2, 0.25) is 0 Å². The summed E-state index contributed by atoms with van der Waals surface area (Å²) >= 11 is 0. The number of halogens is 3. The van der Waals surface area contributed by atoms with Crippen molar-refractivity contribution in [1.82, 2.24) is 14.8 Å². The normalized spacial score (nSPS) is 21.5. The SMILES string of the molecule is O=CN1CCC(Nc2cc(C(=O)N3CCCC(O)C3)c(C(F)(F)F)cn2)CC1. The molecule has 1 atom stereocenters. The topological polar surface area (TPSA) is 85.8 Å². The van der Waals surface area contributed by atoms with E-state index >= 15 is 0 Å². The van der Waals surface area contributed by atoms with Gasteiger partial charge in [0.05, 0.1) is 17.2 Å². The zero-order valence-electron chi connectivity index (χ0n) is 15.3. The quantitative estimate of drug-likeness (QED) is 0.752. The molecule has 1 aromatic rings. The van der Waals surface area contributed by atoms with Crippen LogP contribution in [0.25, 0.3) is 0 Å². The van der Waals surface area contributed by atoms with E-state index in [1.165, 1.54) is 4.90 Å². The average Bonchev–Trinajstić information content (AvgIpc) is 2.67. The number of carbonyl (C=O) groups excluding carboxylic acids is 2. The first-order valence-corrected chi connectivity index (χ1v) is 9.28. The predicted molar refractivity (Wildman–Crippen MR) is 94.7 cm³/mol. The minimum Gasteiger partial charge on any atom is -0.391 e. The highest BCUT2D eigenvalue weighted by atomic mass is 19.4. The maximum atomic E-state index is 13.4. The Labute approximate surface area is 160 Å².